The number of hydrogen-bond donors (Lipinski definition) is 1. The van der Waals surface area contributed by atoms with Gasteiger partial charge in [0.25, 0.3) is 0 Å². The van der Waals surface area contributed by atoms with Crippen LogP contribution in [-0.2, 0) is 4.79 Å². The minimum atomic E-state index is 0.0675. The monoisotopic (exact) mass is 252 g/mol. The molecule has 0 aromatic heterocycles. The summed E-state index contributed by atoms with van der Waals surface area (Å²) in [6.45, 7) is 8.89. The van der Waals surface area contributed by atoms with E-state index in [2.05, 4.69) is 37.9 Å². The Hall–Kier alpha value is -0.570. The molecular weight excluding hydrogens is 224 g/mol. The molecule has 1 aliphatic heterocycles. The number of nitrogens with zero attached hydrogens (tertiary/aromatic N) is 1. The van der Waals surface area contributed by atoms with Crippen molar-refractivity contribution in [1.82, 2.24) is 10.2 Å². The van der Waals surface area contributed by atoms with Crippen molar-refractivity contribution in [2.24, 2.45) is 11.8 Å². The van der Waals surface area contributed by atoms with Crippen molar-refractivity contribution in [1.29, 1.82) is 0 Å². The van der Waals surface area contributed by atoms with Crippen LogP contribution in [0.3, 0.4) is 0 Å². The Kier molecular flexibility index (Phi) is 4.31. The van der Waals surface area contributed by atoms with Crippen LogP contribution in [0.2, 0.25) is 0 Å². The standard InChI is InChI=1S/C15H28N2O/c1-5-7-13-15(18)17(11(4)16-13)14-9-8-12(6-2)10(14)3/h10-14,16H,5-9H2,1-4H3. The predicted molar refractivity (Wildman–Crippen MR) is 74.1 cm³/mol. The molecule has 1 heterocycles. The van der Waals surface area contributed by atoms with Crippen molar-refractivity contribution >= 4 is 5.91 Å². The lowest BCUT2D eigenvalue weighted by Crippen LogP contribution is -2.45. The molecule has 3 nitrogen and oxygen atoms in total. The molecule has 18 heavy (non-hydrogen) atoms. The zero-order valence-electron chi connectivity index (χ0n) is 12.3. The average molecular weight is 252 g/mol. The average Bonchev–Trinajstić information content (AvgIpc) is 2.82. The molecule has 5 unspecified atom stereocenters. The van der Waals surface area contributed by atoms with Gasteiger partial charge < -0.3 is 4.90 Å². The molecule has 0 radical (unpaired) electrons. The van der Waals surface area contributed by atoms with Crippen molar-refractivity contribution in [3.05, 3.63) is 0 Å². The molecule has 1 amide bonds. The molecule has 2 rings (SSSR count). The fourth-order valence-electron chi connectivity index (χ4n) is 3.95. The van der Waals surface area contributed by atoms with Gasteiger partial charge in [-0.25, -0.2) is 0 Å². The topological polar surface area (TPSA) is 32.3 Å². The van der Waals surface area contributed by atoms with Gasteiger partial charge >= 0.3 is 0 Å². The maximum Gasteiger partial charge on any atom is 0.241 e. The van der Waals surface area contributed by atoms with Crippen LogP contribution in [0.4, 0.5) is 0 Å². The molecule has 1 aliphatic carbocycles. The first-order chi connectivity index (χ1) is 8.60. The van der Waals surface area contributed by atoms with Crippen molar-refractivity contribution in [2.45, 2.75) is 78.0 Å². The van der Waals surface area contributed by atoms with E-state index in [1.54, 1.807) is 0 Å². The third kappa shape index (κ3) is 2.29. The molecular formula is C15H28N2O. The van der Waals surface area contributed by atoms with E-state index in [1.807, 2.05) is 0 Å². The van der Waals surface area contributed by atoms with E-state index in [-0.39, 0.29) is 12.2 Å². The van der Waals surface area contributed by atoms with Crippen LogP contribution in [-0.4, -0.2) is 29.1 Å². The zero-order chi connectivity index (χ0) is 13.3. The van der Waals surface area contributed by atoms with Gasteiger partial charge in [-0.1, -0.05) is 33.6 Å². The molecule has 104 valence electrons. The third-order valence-corrected chi connectivity index (χ3v) is 5.05. The zero-order valence-corrected chi connectivity index (χ0v) is 12.3. The Bertz CT molecular complexity index is 305. The Morgan fingerprint density at radius 2 is 2.00 bits per heavy atom. The molecule has 0 aromatic rings. The van der Waals surface area contributed by atoms with Crippen LogP contribution in [0, 0.1) is 11.8 Å². The first-order valence-corrected chi connectivity index (χ1v) is 7.68. The summed E-state index contributed by atoms with van der Waals surface area (Å²) in [5.41, 5.74) is 0. The second-order valence-electron chi connectivity index (χ2n) is 6.10. The summed E-state index contributed by atoms with van der Waals surface area (Å²) >= 11 is 0. The van der Waals surface area contributed by atoms with Gasteiger partial charge in [-0.15, -0.1) is 0 Å². The first kappa shape index (κ1) is 13.9. The number of carbonyl (C=O) groups is 1. The molecule has 3 heteroatoms. The van der Waals surface area contributed by atoms with Gasteiger partial charge in [-0.2, -0.15) is 0 Å². The summed E-state index contributed by atoms with van der Waals surface area (Å²) in [6, 6.07) is 0.532. The Balaban J connectivity index is 2.07. The van der Waals surface area contributed by atoms with E-state index in [0.29, 0.717) is 17.9 Å². The normalized spacial score (nSPS) is 40.8. The van der Waals surface area contributed by atoms with E-state index >= 15 is 0 Å². The van der Waals surface area contributed by atoms with Crippen molar-refractivity contribution < 1.29 is 4.79 Å². The molecule has 2 aliphatic rings. The lowest BCUT2D eigenvalue weighted by Gasteiger charge is -2.32. The van der Waals surface area contributed by atoms with Crippen molar-refractivity contribution in [3.63, 3.8) is 0 Å². The lowest BCUT2D eigenvalue weighted by molar-refractivity contribution is -0.133. The summed E-state index contributed by atoms with van der Waals surface area (Å²) in [7, 11) is 0. The number of hydrogen-bond acceptors (Lipinski definition) is 2. The molecule has 0 bridgehead atoms. The summed E-state index contributed by atoms with van der Waals surface area (Å²) < 4.78 is 0. The highest BCUT2D eigenvalue weighted by Crippen LogP contribution is 2.38. The maximum absolute atomic E-state index is 12.5. The molecule has 1 saturated carbocycles. The molecule has 5 atom stereocenters. The second-order valence-corrected chi connectivity index (χ2v) is 6.10. The number of amides is 1. The largest absolute Gasteiger partial charge is 0.323 e. The third-order valence-electron chi connectivity index (χ3n) is 5.05. The van der Waals surface area contributed by atoms with Gasteiger partial charge in [0, 0.05) is 6.04 Å². The number of carbonyl (C=O) groups excluding carboxylic acids is 1. The highest BCUT2D eigenvalue weighted by molar-refractivity contribution is 5.84. The van der Waals surface area contributed by atoms with Crippen LogP contribution >= 0.6 is 0 Å². The Morgan fingerprint density at radius 3 is 2.56 bits per heavy atom. The summed E-state index contributed by atoms with van der Waals surface area (Å²) in [5.74, 6) is 1.81. The predicted octanol–water partition coefficient (Wildman–Crippen LogP) is 2.76. The van der Waals surface area contributed by atoms with Crippen LogP contribution in [0.25, 0.3) is 0 Å². The van der Waals surface area contributed by atoms with Crippen LogP contribution in [0.1, 0.15) is 59.8 Å². The van der Waals surface area contributed by atoms with E-state index in [0.717, 1.165) is 18.8 Å². The second kappa shape index (κ2) is 5.60. The Morgan fingerprint density at radius 1 is 1.28 bits per heavy atom. The van der Waals surface area contributed by atoms with Gasteiger partial charge in [-0.3, -0.25) is 10.1 Å². The smallest absolute Gasteiger partial charge is 0.241 e. The van der Waals surface area contributed by atoms with E-state index < -0.39 is 0 Å². The van der Waals surface area contributed by atoms with Crippen LogP contribution < -0.4 is 5.32 Å². The summed E-state index contributed by atoms with van der Waals surface area (Å²) in [6.07, 6.45) is 5.99. The number of nitrogens with one attached hydrogen (secondary N) is 1. The number of rotatable bonds is 4. The van der Waals surface area contributed by atoms with E-state index in [1.165, 1.54) is 19.3 Å². The van der Waals surface area contributed by atoms with Crippen molar-refractivity contribution in [3.8, 4) is 0 Å². The highest BCUT2D eigenvalue weighted by Gasteiger charge is 2.44. The van der Waals surface area contributed by atoms with Gasteiger partial charge in [0.2, 0.25) is 5.91 Å². The van der Waals surface area contributed by atoms with Gasteiger partial charge in [0.15, 0.2) is 0 Å². The first-order valence-electron chi connectivity index (χ1n) is 7.68. The minimum Gasteiger partial charge on any atom is -0.323 e. The van der Waals surface area contributed by atoms with Gasteiger partial charge in [-0.05, 0) is 38.0 Å². The fourth-order valence-corrected chi connectivity index (χ4v) is 3.95. The van der Waals surface area contributed by atoms with E-state index in [4.69, 9.17) is 0 Å². The SMILES string of the molecule is CCCC1NC(C)N(C2CCC(CC)C2C)C1=O. The van der Waals surface area contributed by atoms with Crippen LogP contribution in [0.15, 0.2) is 0 Å². The van der Waals surface area contributed by atoms with E-state index in [9.17, 15) is 4.79 Å². The summed E-state index contributed by atoms with van der Waals surface area (Å²) in [5, 5.41) is 3.46. The van der Waals surface area contributed by atoms with Crippen molar-refractivity contribution in [2.75, 3.05) is 0 Å². The fraction of sp³-hybridized carbons (Fsp3) is 0.933. The highest BCUT2D eigenvalue weighted by atomic mass is 16.2. The molecule has 1 N–H and O–H groups in total. The van der Waals surface area contributed by atoms with Gasteiger partial charge in [0.1, 0.15) is 0 Å². The molecule has 0 aromatic carbocycles. The molecule has 1 saturated heterocycles. The Labute approximate surface area is 111 Å². The minimum absolute atomic E-state index is 0.0675. The molecule has 2 fully saturated rings. The molecule has 0 spiro atoms. The maximum atomic E-state index is 12.5. The quantitative estimate of drug-likeness (QED) is 0.834. The lowest BCUT2D eigenvalue weighted by atomic mass is 9.92. The van der Waals surface area contributed by atoms with Crippen LogP contribution in [0.5, 0.6) is 0 Å². The van der Waals surface area contributed by atoms with Gasteiger partial charge in [0.05, 0.1) is 12.2 Å². The summed E-state index contributed by atoms with van der Waals surface area (Å²) in [4.78, 5) is 14.7.